The Morgan fingerprint density at radius 2 is 2.05 bits per heavy atom. The van der Waals surface area contributed by atoms with E-state index in [0.717, 1.165) is 11.1 Å². The van der Waals surface area contributed by atoms with E-state index in [2.05, 4.69) is 10.3 Å². The summed E-state index contributed by atoms with van der Waals surface area (Å²) in [7, 11) is 0. The maximum absolute atomic E-state index is 12.1. The van der Waals surface area contributed by atoms with Crippen molar-refractivity contribution in [2.45, 2.75) is 20.0 Å². The molecule has 0 spiro atoms. The van der Waals surface area contributed by atoms with Crippen LogP contribution < -0.4 is 5.32 Å². The minimum Gasteiger partial charge on any atom is -0.377 e. The lowest BCUT2D eigenvalue weighted by Gasteiger charge is -2.10. The number of aromatic nitrogens is 1. The lowest BCUT2D eigenvalue weighted by molar-refractivity contribution is -0.115. The number of benzene rings is 1. The first-order chi connectivity index (χ1) is 10.2. The number of hydrogen-bond donors (Lipinski definition) is 1. The number of anilines is 1. The summed E-state index contributed by atoms with van der Waals surface area (Å²) in [6, 6.07) is 9.07. The van der Waals surface area contributed by atoms with E-state index in [9.17, 15) is 4.79 Å². The molecule has 0 unspecified atom stereocenters. The normalized spacial score (nSPS) is 10.4. The molecule has 0 fully saturated rings. The average Bonchev–Trinajstić information content (AvgIpc) is 2.49. The second-order valence-electron chi connectivity index (χ2n) is 4.52. The van der Waals surface area contributed by atoms with Crippen LogP contribution in [-0.4, -0.2) is 17.5 Å². The number of nitrogens with one attached hydrogen (secondary N) is 1. The highest BCUT2D eigenvalue weighted by atomic mass is 35.5. The molecule has 0 radical (unpaired) electrons. The Hall–Kier alpha value is -1.91. The molecule has 0 saturated carbocycles. The first kappa shape index (κ1) is 15.5. The van der Waals surface area contributed by atoms with E-state index in [1.54, 1.807) is 24.5 Å². The number of carbonyl (C=O) groups excluding carboxylic acids is 1. The number of ether oxygens (including phenoxy) is 1. The number of hydrogen-bond acceptors (Lipinski definition) is 3. The molecule has 0 bridgehead atoms. The van der Waals surface area contributed by atoms with Crippen molar-refractivity contribution in [1.82, 2.24) is 4.98 Å². The summed E-state index contributed by atoms with van der Waals surface area (Å²) in [5.41, 5.74) is 2.51. The lowest BCUT2D eigenvalue weighted by Crippen LogP contribution is -2.16. The van der Waals surface area contributed by atoms with Crippen LogP contribution in [0.15, 0.2) is 42.7 Å². The number of rotatable bonds is 6. The van der Waals surface area contributed by atoms with Gasteiger partial charge in [0.2, 0.25) is 5.91 Å². The van der Waals surface area contributed by atoms with Crippen molar-refractivity contribution in [2.24, 2.45) is 0 Å². The van der Waals surface area contributed by atoms with E-state index in [-0.39, 0.29) is 5.91 Å². The van der Waals surface area contributed by atoms with Crippen LogP contribution in [0.25, 0.3) is 0 Å². The minimum atomic E-state index is -0.0944. The number of nitrogens with zero attached hydrogens (tertiary/aromatic N) is 1. The summed E-state index contributed by atoms with van der Waals surface area (Å²) in [6.45, 7) is 3.01. The maximum atomic E-state index is 12.1. The van der Waals surface area contributed by atoms with Gasteiger partial charge in [-0.15, -0.1) is 0 Å². The summed E-state index contributed by atoms with van der Waals surface area (Å²) in [6.07, 6.45) is 3.61. The Morgan fingerprint density at radius 1 is 1.29 bits per heavy atom. The van der Waals surface area contributed by atoms with Crippen molar-refractivity contribution in [3.8, 4) is 0 Å². The molecule has 1 heterocycles. The fourth-order valence-corrected chi connectivity index (χ4v) is 1.98. The predicted octanol–water partition coefficient (Wildman–Crippen LogP) is 3.45. The van der Waals surface area contributed by atoms with Crippen molar-refractivity contribution < 1.29 is 9.53 Å². The monoisotopic (exact) mass is 304 g/mol. The molecule has 0 aliphatic carbocycles. The minimum absolute atomic E-state index is 0.0944. The number of pyridine rings is 1. The van der Waals surface area contributed by atoms with Crippen LogP contribution in [0.3, 0.4) is 0 Å². The van der Waals surface area contributed by atoms with Gasteiger partial charge in [0.05, 0.1) is 24.9 Å². The van der Waals surface area contributed by atoms with Crippen molar-refractivity contribution in [1.29, 1.82) is 0 Å². The molecular weight excluding hydrogens is 288 g/mol. The first-order valence-corrected chi connectivity index (χ1v) is 7.11. The van der Waals surface area contributed by atoms with Crippen LogP contribution in [0.1, 0.15) is 18.1 Å². The van der Waals surface area contributed by atoms with E-state index in [4.69, 9.17) is 16.3 Å². The Balaban J connectivity index is 2.00. The molecule has 21 heavy (non-hydrogen) atoms. The average molecular weight is 305 g/mol. The fraction of sp³-hybridized carbons (Fsp3) is 0.250. The second-order valence-corrected chi connectivity index (χ2v) is 4.96. The molecule has 0 aliphatic rings. The van der Waals surface area contributed by atoms with Gasteiger partial charge < -0.3 is 10.1 Å². The summed E-state index contributed by atoms with van der Waals surface area (Å²) < 4.78 is 5.38. The SMILES string of the molecule is CCOCc1ccncc1NC(=O)Cc1ccc(Cl)cc1. The predicted molar refractivity (Wildman–Crippen MR) is 83.4 cm³/mol. The van der Waals surface area contributed by atoms with Gasteiger partial charge in [-0.1, -0.05) is 23.7 Å². The molecule has 110 valence electrons. The third kappa shape index (κ3) is 4.85. The topological polar surface area (TPSA) is 51.2 Å². The highest BCUT2D eigenvalue weighted by Gasteiger charge is 2.08. The van der Waals surface area contributed by atoms with Crippen molar-refractivity contribution in [2.75, 3.05) is 11.9 Å². The van der Waals surface area contributed by atoms with E-state index >= 15 is 0 Å². The van der Waals surface area contributed by atoms with Gasteiger partial charge in [-0.2, -0.15) is 0 Å². The van der Waals surface area contributed by atoms with Gasteiger partial charge >= 0.3 is 0 Å². The van der Waals surface area contributed by atoms with Crippen LogP contribution >= 0.6 is 11.6 Å². The van der Waals surface area contributed by atoms with Gasteiger partial charge in [-0.05, 0) is 30.7 Å². The third-order valence-corrected chi connectivity index (χ3v) is 3.18. The standard InChI is InChI=1S/C16H17ClN2O2/c1-2-21-11-13-7-8-18-10-15(13)19-16(20)9-12-3-5-14(17)6-4-12/h3-8,10H,2,9,11H2,1H3,(H,19,20). The van der Waals surface area contributed by atoms with E-state index in [0.29, 0.717) is 30.3 Å². The molecule has 4 nitrogen and oxygen atoms in total. The highest BCUT2D eigenvalue weighted by molar-refractivity contribution is 6.30. The quantitative estimate of drug-likeness (QED) is 0.889. The van der Waals surface area contributed by atoms with Crippen LogP contribution in [0, 0.1) is 0 Å². The lowest BCUT2D eigenvalue weighted by atomic mass is 10.1. The molecule has 1 aromatic heterocycles. The summed E-state index contributed by atoms with van der Waals surface area (Å²) in [5.74, 6) is -0.0944. The van der Waals surface area contributed by atoms with Crippen molar-refractivity contribution in [3.63, 3.8) is 0 Å². The number of amides is 1. The van der Waals surface area contributed by atoms with Gasteiger partial charge in [0.25, 0.3) is 0 Å². The molecule has 1 aromatic carbocycles. The third-order valence-electron chi connectivity index (χ3n) is 2.93. The van der Waals surface area contributed by atoms with Gasteiger partial charge in [0.1, 0.15) is 0 Å². The zero-order valence-corrected chi connectivity index (χ0v) is 12.6. The molecule has 2 aromatic rings. The molecule has 0 atom stereocenters. The van der Waals surface area contributed by atoms with Crippen LogP contribution in [0.2, 0.25) is 5.02 Å². The maximum Gasteiger partial charge on any atom is 0.228 e. The van der Waals surface area contributed by atoms with Gasteiger partial charge in [-0.3, -0.25) is 9.78 Å². The van der Waals surface area contributed by atoms with E-state index in [1.165, 1.54) is 0 Å². The molecule has 0 aliphatic heterocycles. The van der Waals surface area contributed by atoms with Crippen molar-refractivity contribution in [3.05, 3.63) is 58.9 Å². The molecule has 1 amide bonds. The highest BCUT2D eigenvalue weighted by Crippen LogP contribution is 2.16. The Labute approximate surface area is 129 Å². The second kappa shape index (κ2) is 7.76. The molecule has 0 saturated heterocycles. The summed E-state index contributed by atoms with van der Waals surface area (Å²) >= 11 is 5.82. The fourth-order valence-electron chi connectivity index (χ4n) is 1.86. The Morgan fingerprint density at radius 3 is 2.76 bits per heavy atom. The zero-order valence-electron chi connectivity index (χ0n) is 11.8. The molecule has 1 N–H and O–H groups in total. The van der Waals surface area contributed by atoms with Gasteiger partial charge in [-0.25, -0.2) is 0 Å². The largest absolute Gasteiger partial charge is 0.377 e. The molecular formula is C16H17ClN2O2. The first-order valence-electron chi connectivity index (χ1n) is 6.74. The van der Waals surface area contributed by atoms with E-state index in [1.807, 2.05) is 25.1 Å². The van der Waals surface area contributed by atoms with Crippen LogP contribution in [0.5, 0.6) is 0 Å². The number of halogens is 1. The molecule has 5 heteroatoms. The zero-order chi connectivity index (χ0) is 15.1. The van der Waals surface area contributed by atoms with Crippen LogP contribution in [-0.2, 0) is 22.6 Å². The summed E-state index contributed by atoms with van der Waals surface area (Å²) in [5, 5.41) is 3.53. The molecule has 2 rings (SSSR count). The summed E-state index contributed by atoms with van der Waals surface area (Å²) in [4.78, 5) is 16.1. The van der Waals surface area contributed by atoms with Gasteiger partial charge in [0.15, 0.2) is 0 Å². The number of carbonyl (C=O) groups is 1. The Kier molecular flexibility index (Phi) is 5.72. The van der Waals surface area contributed by atoms with Gasteiger partial charge in [0, 0.05) is 23.4 Å². The smallest absolute Gasteiger partial charge is 0.228 e. The Bertz CT molecular complexity index is 599. The van der Waals surface area contributed by atoms with Crippen molar-refractivity contribution >= 4 is 23.2 Å². The van der Waals surface area contributed by atoms with Crippen LogP contribution in [0.4, 0.5) is 5.69 Å². The van der Waals surface area contributed by atoms with E-state index < -0.39 is 0 Å².